The molecular weight excluding hydrogens is 186 g/mol. The van der Waals surface area contributed by atoms with Gasteiger partial charge < -0.3 is 4.84 Å². The number of rotatable bonds is 5. The van der Waals surface area contributed by atoms with Gasteiger partial charge in [-0.05, 0) is 25.3 Å². The molecule has 15 heavy (non-hydrogen) atoms. The lowest BCUT2D eigenvalue weighted by Gasteiger charge is -2.04. The highest BCUT2D eigenvalue weighted by molar-refractivity contribution is 5.79. The van der Waals surface area contributed by atoms with Gasteiger partial charge in [-0.15, -0.1) is 0 Å². The maximum atomic E-state index is 5.17. The molecule has 1 unspecified atom stereocenters. The molecule has 0 aliphatic carbocycles. The summed E-state index contributed by atoms with van der Waals surface area (Å²) in [5.74, 6) is 0. The molecule has 81 valence electrons. The molecule has 0 saturated carbocycles. The van der Waals surface area contributed by atoms with Crippen molar-refractivity contribution in [3.8, 4) is 0 Å². The van der Waals surface area contributed by atoms with Crippen LogP contribution in [0.3, 0.4) is 0 Å². The van der Waals surface area contributed by atoms with E-state index in [9.17, 15) is 0 Å². The highest BCUT2D eigenvalue weighted by Crippen LogP contribution is 2.03. The number of nitrogens with zero attached hydrogens (tertiary/aromatic N) is 1. The second-order valence-electron chi connectivity index (χ2n) is 3.58. The second-order valence-corrected chi connectivity index (χ2v) is 3.58. The van der Waals surface area contributed by atoms with Gasteiger partial charge in [-0.3, -0.25) is 0 Å². The molecule has 1 radical (unpaired) electrons. The van der Waals surface area contributed by atoms with Crippen molar-refractivity contribution in [1.29, 1.82) is 0 Å². The zero-order valence-corrected chi connectivity index (χ0v) is 9.66. The fourth-order valence-electron chi connectivity index (χ4n) is 1.06. The molecule has 0 aromatic heterocycles. The van der Waals surface area contributed by atoms with Gasteiger partial charge in [0.1, 0.15) is 12.3 Å². The summed E-state index contributed by atoms with van der Waals surface area (Å²) in [6.45, 7) is 6.19. The Kier molecular flexibility index (Phi) is 4.88. The molecule has 0 saturated heterocycles. The second kappa shape index (κ2) is 6.23. The average Bonchev–Trinajstić information content (AvgIpc) is 2.29. The largest absolute Gasteiger partial charge is 0.392 e. The molecule has 0 bridgehead atoms. The number of hydrogen-bond acceptors (Lipinski definition) is 2. The van der Waals surface area contributed by atoms with Gasteiger partial charge in [-0.25, -0.2) is 0 Å². The SMILES string of the molecule is CCc1ccc(/[C]=N/OC(C)CC)cc1. The summed E-state index contributed by atoms with van der Waals surface area (Å²) in [5.41, 5.74) is 2.28. The lowest BCUT2D eigenvalue weighted by molar-refractivity contribution is 0.0712. The number of hydrogen-bond donors (Lipinski definition) is 0. The fourth-order valence-corrected chi connectivity index (χ4v) is 1.06. The van der Waals surface area contributed by atoms with Crippen LogP contribution in [0.4, 0.5) is 0 Å². The van der Waals surface area contributed by atoms with Crippen molar-refractivity contribution in [1.82, 2.24) is 0 Å². The first-order valence-corrected chi connectivity index (χ1v) is 5.47. The molecule has 1 aromatic carbocycles. The van der Waals surface area contributed by atoms with Gasteiger partial charge in [0, 0.05) is 5.56 Å². The van der Waals surface area contributed by atoms with Gasteiger partial charge in [0.15, 0.2) is 0 Å². The van der Waals surface area contributed by atoms with Crippen molar-refractivity contribution in [2.75, 3.05) is 0 Å². The Labute approximate surface area is 91.9 Å². The van der Waals surface area contributed by atoms with E-state index in [1.807, 2.05) is 19.1 Å². The van der Waals surface area contributed by atoms with E-state index in [1.165, 1.54) is 5.56 Å². The molecule has 1 rings (SSSR count). The minimum absolute atomic E-state index is 0.160. The van der Waals surface area contributed by atoms with Crippen LogP contribution in [0.1, 0.15) is 38.3 Å². The van der Waals surface area contributed by atoms with Crippen LogP contribution in [0.25, 0.3) is 0 Å². The first-order valence-electron chi connectivity index (χ1n) is 5.47. The molecule has 2 nitrogen and oxygen atoms in total. The highest BCUT2D eigenvalue weighted by Gasteiger charge is 1.95. The van der Waals surface area contributed by atoms with Crippen LogP contribution >= 0.6 is 0 Å². The molecule has 0 spiro atoms. The molecule has 0 amide bonds. The predicted molar refractivity (Wildman–Crippen MR) is 63.2 cm³/mol. The van der Waals surface area contributed by atoms with Crippen LogP contribution in [0.15, 0.2) is 29.4 Å². The van der Waals surface area contributed by atoms with Crippen LogP contribution in [-0.2, 0) is 11.3 Å². The summed E-state index contributed by atoms with van der Waals surface area (Å²) in [5, 5.41) is 3.82. The van der Waals surface area contributed by atoms with Crippen LogP contribution in [0, 0.1) is 0 Å². The third-order valence-corrected chi connectivity index (χ3v) is 2.34. The van der Waals surface area contributed by atoms with Crippen LogP contribution in [0.5, 0.6) is 0 Å². The Morgan fingerprint density at radius 3 is 2.47 bits per heavy atom. The summed E-state index contributed by atoms with van der Waals surface area (Å²) in [6, 6.07) is 8.17. The van der Waals surface area contributed by atoms with Gasteiger partial charge >= 0.3 is 0 Å². The van der Waals surface area contributed by atoms with Gasteiger partial charge in [0.2, 0.25) is 0 Å². The van der Waals surface area contributed by atoms with Crippen LogP contribution in [-0.4, -0.2) is 12.3 Å². The Hall–Kier alpha value is -1.31. The topological polar surface area (TPSA) is 21.6 Å². The minimum atomic E-state index is 0.160. The maximum Gasteiger partial charge on any atom is 0.139 e. The van der Waals surface area contributed by atoms with E-state index in [4.69, 9.17) is 4.84 Å². The molecule has 0 heterocycles. The van der Waals surface area contributed by atoms with E-state index in [2.05, 4.69) is 37.4 Å². The Bertz CT molecular complexity index is 303. The first kappa shape index (κ1) is 11.8. The lowest BCUT2D eigenvalue weighted by atomic mass is 10.1. The molecule has 0 aliphatic rings. The van der Waals surface area contributed by atoms with Gasteiger partial charge in [0.25, 0.3) is 0 Å². The molecule has 1 atom stereocenters. The van der Waals surface area contributed by atoms with E-state index in [-0.39, 0.29) is 6.10 Å². The van der Waals surface area contributed by atoms with Crippen molar-refractivity contribution in [3.63, 3.8) is 0 Å². The first-order chi connectivity index (χ1) is 7.26. The summed E-state index contributed by atoms with van der Waals surface area (Å²) in [4.78, 5) is 5.17. The van der Waals surface area contributed by atoms with E-state index < -0.39 is 0 Å². The van der Waals surface area contributed by atoms with Crippen LogP contribution < -0.4 is 0 Å². The summed E-state index contributed by atoms with van der Waals surface area (Å²) < 4.78 is 0. The van der Waals surface area contributed by atoms with Gasteiger partial charge in [-0.1, -0.05) is 43.3 Å². The third kappa shape index (κ3) is 4.15. The Morgan fingerprint density at radius 1 is 1.27 bits per heavy atom. The standard InChI is InChI=1S/C13H18NO/c1-4-11(3)15-14-10-13-8-6-12(5-2)7-9-13/h6-9,11H,4-5H2,1-3H3. The van der Waals surface area contributed by atoms with E-state index in [0.717, 1.165) is 18.4 Å². The molecule has 0 fully saturated rings. The van der Waals surface area contributed by atoms with Crippen molar-refractivity contribution >= 4 is 6.21 Å². The van der Waals surface area contributed by atoms with E-state index in [0.29, 0.717) is 0 Å². The summed E-state index contributed by atoms with van der Waals surface area (Å²) >= 11 is 0. The number of benzene rings is 1. The van der Waals surface area contributed by atoms with Crippen molar-refractivity contribution in [2.24, 2.45) is 5.16 Å². The number of aryl methyl sites for hydroxylation is 1. The maximum absolute atomic E-state index is 5.17. The molecule has 1 aromatic rings. The Morgan fingerprint density at radius 2 is 1.93 bits per heavy atom. The zero-order chi connectivity index (χ0) is 11.1. The fraction of sp³-hybridized carbons (Fsp3) is 0.462. The average molecular weight is 204 g/mol. The van der Waals surface area contributed by atoms with Gasteiger partial charge in [0.05, 0.1) is 0 Å². The molecular formula is C13H18NO. The Balaban J connectivity index is 2.49. The smallest absolute Gasteiger partial charge is 0.139 e. The molecule has 0 N–H and O–H groups in total. The van der Waals surface area contributed by atoms with Crippen molar-refractivity contribution in [2.45, 2.75) is 39.7 Å². The molecule has 0 aliphatic heterocycles. The minimum Gasteiger partial charge on any atom is -0.392 e. The van der Waals surface area contributed by atoms with Crippen molar-refractivity contribution < 1.29 is 4.84 Å². The lowest BCUT2D eigenvalue weighted by Crippen LogP contribution is -2.01. The zero-order valence-electron chi connectivity index (χ0n) is 9.66. The third-order valence-electron chi connectivity index (χ3n) is 2.34. The van der Waals surface area contributed by atoms with Crippen LogP contribution in [0.2, 0.25) is 0 Å². The predicted octanol–water partition coefficient (Wildman–Crippen LogP) is 3.28. The van der Waals surface area contributed by atoms with E-state index >= 15 is 0 Å². The summed E-state index contributed by atoms with van der Waals surface area (Å²) in [6.07, 6.45) is 5.04. The van der Waals surface area contributed by atoms with Crippen molar-refractivity contribution in [3.05, 3.63) is 35.4 Å². The van der Waals surface area contributed by atoms with E-state index in [1.54, 1.807) is 0 Å². The summed E-state index contributed by atoms with van der Waals surface area (Å²) in [7, 11) is 0. The monoisotopic (exact) mass is 204 g/mol. The van der Waals surface area contributed by atoms with Gasteiger partial charge in [-0.2, -0.15) is 0 Å². The molecule has 2 heteroatoms. The normalized spacial score (nSPS) is 13.0. The quantitative estimate of drug-likeness (QED) is 0.533. The highest BCUT2D eigenvalue weighted by atomic mass is 16.6.